The predicted octanol–water partition coefficient (Wildman–Crippen LogP) is 14.1. The number of rotatable bonds is 5. The molecule has 0 N–H and O–H groups in total. The van der Waals surface area contributed by atoms with Gasteiger partial charge in [0.25, 0.3) is 0 Å². The minimum absolute atomic E-state index is 1.02. The van der Waals surface area contributed by atoms with Gasteiger partial charge in [0.05, 0.1) is 11.2 Å². The summed E-state index contributed by atoms with van der Waals surface area (Å²) >= 11 is 1.90. The molecule has 51 heavy (non-hydrogen) atoms. The Balaban J connectivity index is 1.12. The van der Waals surface area contributed by atoms with Crippen molar-refractivity contribution in [2.75, 3.05) is 0 Å². The van der Waals surface area contributed by atoms with Crippen molar-refractivity contribution < 1.29 is 0 Å². The van der Waals surface area contributed by atoms with E-state index in [1.165, 1.54) is 80.8 Å². The Bertz CT molecular complexity index is 2810. The molecule has 0 amide bonds. The maximum atomic E-state index is 5.18. The standard InChI is InChI=1S/C49H31NS/c1-4-13-32(14-5-1)37-29-38(33-15-6-2-7-16-33)31-39(30-37)34-23-25-35(26-24-34)40-20-12-21-41-42-27-28-44-46(49(42)51-48(40)41)43-19-10-11-22-45(43)50-47(44)36-17-8-3-9-18-36/h1-31H. The van der Waals surface area contributed by atoms with Gasteiger partial charge in [0.15, 0.2) is 0 Å². The van der Waals surface area contributed by atoms with E-state index in [0.29, 0.717) is 0 Å². The first kappa shape index (κ1) is 29.6. The average molecular weight is 666 g/mol. The maximum absolute atomic E-state index is 5.18. The summed E-state index contributed by atoms with van der Waals surface area (Å²) in [5.74, 6) is 0. The molecular formula is C49H31NS. The van der Waals surface area contributed by atoms with Gasteiger partial charge in [-0.05, 0) is 68.8 Å². The van der Waals surface area contributed by atoms with Crippen LogP contribution in [-0.4, -0.2) is 4.98 Å². The molecule has 0 unspecified atom stereocenters. The van der Waals surface area contributed by atoms with Crippen LogP contribution in [-0.2, 0) is 0 Å². The average Bonchev–Trinajstić information content (AvgIpc) is 3.61. The Labute approximate surface area is 300 Å². The van der Waals surface area contributed by atoms with Crippen LogP contribution in [0.5, 0.6) is 0 Å². The predicted molar refractivity (Wildman–Crippen MR) is 219 cm³/mol. The lowest BCUT2D eigenvalue weighted by atomic mass is 9.92. The van der Waals surface area contributed by atoms with Crippen molar-refractivity contribution in [3.8, 4) is 55.8 Å². The molecule has 238 valence electrons. The van der Waals surface area contributed by atoms with E-state index in [2.05, 4.69) is 188 Å². The molecule has 10 rings (SSSR count). The number of nitrogens with zero attached hydrogens (tertiary/aromatic N) is 1. The van der Waals surface area contributed by atoms with Gasteiger partial charge < -0.3 is 0 Å². The Morgan fingerprint density at radius 3 is 1.45 bits per heavy atom. The second-order valence-corrected chi connectivity index (χ2v) is 14.1. The van der Waals surface area contributed by atoms with E-state index in [1.807, 2.05) is 11.3 Å². The molecule has 0 bridgehead atoms. The summed E-state index contributed by atoms with van der Waals surface area (Å²) in [6.45, 7) is 0. The number of thiophene rings is 1. The fraction of sp³-hybridized carbons (Fsp3) is 0. The van der Waals surface area contributed by atoms with Crippen LogP contribution in [0.1, 0.15) is 0 Å². The summed E-state index contributed by atoms with van der Waals surface area (Å²) in [4.78, 5) is 5.18. The first-order valence-electron chi connectivity index (χ1n) is 17.4. The largest absolute Gasteiger partial charge is 0.247 e. The topological polar surface area (TPSA) is 12.9 Å². The molecule has 1 nitrogen and oxygen atoms in total. The zero-order valence-corrected chi connectivity index (χ0v) is 28.6. The van der Waals surface area contributed by atoms with Crippen LogP contribution in [0.3, 0.4) is 0 Å². The summed E-state index contributed by atoms with van der Waals surface area (Å²) in [5, 5.41) is 6.26. The summed E-state index contributed by atoms with van der Waals surface area (Å²) < 4.78 is 2.63. The zero-order valence-electron chi connectivity index (χ0n) is 27.8. The molecule has 0 aliphatic heterocycles. The van der Waals surface area contributed by atoms with Gasteiger partial charge in [0, 0.05) is 41.9 Å². The van der Waals surface area contributed by atoms with Crippen LogP contribution >= 0.6 is 11.3 Å². The van der Waals surface area contributed by atoms with Gasteiger partial charge in [-0.1, -0.05) is 164 Å². The van der Waals surface area contributed by atoms with Crippen molar-refractivity contribution in [3.05, 3.63) is 188 Å². The number of aromatic nitrogens is 1. The third-order valence-corrected chi connectivity index (χ3v) is 11.3. The Morgan fingerprint density at radius 2 is 0.804 bits per heavy atom. The first-order valence-corrected chi connectivity index (χ1v) is 18.2. The van der Waals surface area contributed by atoms with E-state index < -0.39 is 0 Å². The van der Waals surface area contributed by atoms with Crippen LogP contribution < -0.4 is 0 Å². The Kier molecular flexibility index (Phi) is 7.07. The number of hydrogen-bond donors (Lipinski definition) is 0. The molecule has 2 heteroatoms. The summed E-state index contributed by atoms with van der Waals surface area (Å²) in [6.07, 6.45) is 0. The highest BCUT2D eigenvalue weighted by Crippen LogP contribution is 2.46. The SMILES string of the molecule is c1ccc(-c2cc(-c3ccccc3)cc(-c3ccc(-c4cccc5c4sc4c5ccc5c(-c6ccccc6)nc6ccccc6c54)cc3)c2)cc1. The molecule has 10 aromatic rings. The molecule has 0 radical (unpaired) electrons. The van der Waals surface area contributed by atoms with E-state index >= 15 is 0 Å². The lowest BCUT2D eigenvalue weighted by molar-refractivity contribution is 1.43. The minimum atomic E-state index is 1.02. The van der Waals surface area contributed by atoms with Gasteiger partial charge in [-0.15, -0.1) is 11.3 Å². The van der Waals surface area contributed by atoms with Crippen LogP contribution in [0.4, 0.5) is 0 Å². The lowest BCUT2D eigenvalue weighted by Crippen LogP contribution is -1.89. The second-order valence-electron chi connectivity index (χ2n) is 13.1. The molecule has 0 aliphatic rings. The van der Waals surface area contributed by atoms with Crippen LogP contribution in [0, 0.1) is 0 Å². The Hall–Kier alpha value is -6.35. The summed E-state index contributed by atoms with van der Waals surface area (Å²) in [5.41, 5.74) is 13.0. The number of fused-ring (bicyclic) bond motifs is 7. The van der Waals surface area contributed by atoms with Crippen LogP contribution in [0.15, 0.2) is 188 Å². The van der Waals surface area contributed by atoms with E-state index in [1.54, 1.807) is 0 Å². The molecule has 2 heterocycles. The molecule has 0 fully saturated rings. The quantitative estimate of drug-likeness (QED) is 0.167. The van der Waals surface area contributed by atoms with Crippen molar-refractivity contribution in [3.63, 3.8) is 0 Å². The van der Waals surface area contributed by atoms with Crippen molar-refractivity contribution >= 4 is 53.2 Å². The molecule has 0 atom stereocenters. The minimum Gasteiger partial charge on any atom is -0.247 e. The van der Waals surface area contributed by atoms with E-state index in [-0.39, 0.29) is 0 Å². The number of hydrogen-bond acceptors (Lipinski definition) is 2. The third kappa shape index (κ3) is 5.12. The molecule has 0 saturated heterocycles. The number of benzene rings is 8. The van der Waals surface area contributed by atoms with Crippen molar-refractivity contribution in [1.29, 1.82) is 0 Å². The van der Waals surface area contributed by atoms with Crippen molar-refractivity contribution in [2.45, 2.75) is 0 Å². The molecule has 0 spiro atoms. The molecule has 8 aromatic carbocycles. The molecule has 2 aromatic heterocycles. The van der Waals surface area contributed by atoms with Gasteiger partial charge in [-0.2, -0.15) is 0 Å². The molecule has 0 saturated carbocycles. The smallest absolute Gasteiger partial charge is 0.0788 e. The van der Waals surface area contributed by atoms with Gasteiger partial charge in [-0.25, -0.2) is 4.98 Å². The highest BCUT2D eigenvalue weighted by molar-refractivity contribution is 7.27. The monoisotopic (exact) mass is 665 g/mol. The fourth-order valence-electron chi connectivity index (χ4n) is 7.56. The molecular weight excluding hydrogens is 635 g/mol. The third-order valence-electron chi connectivity index (χ3n) is 10.1. The van der Waals surface area contributed by atoms with Crippen LogP contribution in [0.25, 0.3) is 97.6 Å². The van der Waals surface area contributed by atoms with E-state index in [9.17, 15) is 0 Å². The fourth-order valence-corrected chi connectivity index (χ4v) is 8.96. The normalized spacial score (nSPS) is 11.5. The lowest BCUT2D eigenvalue weighted by Gasteiger charge is -2.12. The zero-order chi connectivity index (χ0) is 33.7. The first-order chi connectivity index (χ1) is 25.3. The van der Waals surface area contributed by atoms with Crippen LogP contribution in [0.2, 0.25) is 0 Å². The van der Waals surface area contributed by atoms with Gasteiger partial charge >= 0.3 is 0 Å². The summed E-state index contributed by atoms with van der Waals surface area (Å²) in [6, 6.07) is 67.9. The summed E-state index contributed by atoms with van der Waals surface area (Å²) in [7, 11) is 0. The van der Waals surface area contributed by atoms with Crippen molar-refractivity contribution in [1.82, 2.24) is 4.98 Å². The van der Waals surface area contributed by atoms with E-state index in [4.69, 9.17) is 4.98 Å². The van der Waals surface area contributed by atoms with Gasteiger partial charge in [0.2, 0.25) is 0 Å². The number of pyridine rings is 1. The Morgan fingerprint density at radius 1 is 0.314 bits per heavy atom. The van der Waals surface area contributed by atoms with Gasteiger partial charge in [-0.3, -0.25) is 0 Å². The highest BCUT2D eigenvalue weighted by atomic mass is 32.1. The maximum Gasteiger partial charge on any atom is 0.0788 e. The second kappa shape index (κ2) is 12.2. The van der Waals surface area contributed by atoms with E-state index in [0.717, 1.165) is 16.8 Å². The number of para-hydroxylation sites is 1. The van der Waals surface area contributed by atoms with Crippen molar-refractivity contribution in [2.24, 2.45) is 0 Å². The molecule has 0 aliphatic carbocycles. The van der Waals surface area contributed by atoms with Gasteiger partial charge in [0.1, 0.15) is 0 Å². The highest BCUT2D eigenvalue weighted by Gasteiger charge is 2.18.